The lowest BCUT2D eigenvalue weighted by Gasteiger charge is -2.21. The van der Waals surface area contributed by atoms with Crippen molar-refractivity contribution >= 4 is 11.8 Å². The Morgan fingerprint density at radius 1 is 1.07 bits per heavy atom. The molecule has 29 heavy (non-hydrogen) atoms. The number of pyridine rings is 1. The molecule has 1 unspecified atom stereocenters. The van der Waals surface area contributed by atoms with E-state index in [9.17, 15) is 26.3 Å². The molecule has 0 saturated carbocycles. The molecule has 2 aromatic heterocycles. The van der Waals surface area contributed by atoms with Crippen LogP contribution >= 0.6 is 0 Å². The molecule has 3 rings (SSSR count). The fraction of sp³-hybridized carbons (Fsp3) is 0.471. The molecule has 0 radical (unpaired) electrons. The summed E-state index contributed by atoms with van der Waals surface area (Å²) >= 11 is 0. The van der Waals surface area contributed by atoms with E-state index in [2.05, 4.69) is 15.0 Å². The van der Waals surface area contributed by atoms with Gasteiger partial charge in [0.1, 0.15) is 11.9 Å². The van der Waals surface area contributed by atoms with Gasteiger partial charge >= 0.3 is 12.4 Å². The van der Waals surface area contributed by atoms with Crippen LogP contribution in [0.25, 0.3) is 0 Å². The quantitative estimate of drug-likeness (QED) is 0.703. The number of aromatic nitrogens is 3. The van der Waals surface area contributed by atoms with Gasteiger partial charge in [0.25, 0.3) is 0 Å². The molecule has 0 amide bonds. The minimum atomic E-state index is -4.62. The van der Waals surface area contributed by atoms with Gasteiger partial charge in [-0.2, -0.15) is 31.3 Å². The van der Waals surface area contributed by atoms with Gasteiger partial charge in [-0.25, -0.2) is 9.97 Å². The second-order valence-corrected chi connectivity index (χ2v) is 6.66. The van der Waals surface area contributed by atoms with Crippen LogP contribution in [0, 0.1) is 0 Å². The first kappa shape index (κ1) is 20.9. The first-order valence-electron chi connectivity index (χ1n) is 8.52. The van der Waals surface area contributed by atoms with E-state index in [0.29, 0.717) is 19.2 Å². The van der Waals surface area contributed by atoms with Crippen LogP contribution in [0.2, 0.25) is 0 Å². The highest BCUT2D eigenvalue weighted by atomic mass is 19.4. The van der Waals surface area contributed by atoms with E-state index in [4.69, 9.17) is 4.74 Å². The number of rotatable bonds is 4. The number of ether oxygens (including phenoxy) is 1. The molecule has 1 aliphatic rings. The minimum absolute atomic E-state index is 0.00351. The Morgan fingerprint density at radius 2 is 1.79 bits per heavy atom. The molecule has 158 valence electrons. The lowest BCUT2D eigenvalue weighted by atomic mass is 10.3. The first-order valence-corrected chi connectivity index (χ1v) is 8.52. The zero-order valence-electron chi connectivity index (χ0n) is 15.4. The average Bonchev–Trinajstić information content (AvgIpc) is 3.09. The molecule has 0 aromatic carbocycles. The van der Waals surface area contributed by atoms with Gasteiger partial charge in [0.05, 0.1) is 12.1 Å². The van der Waals surface area contributed by atoms with Gasteiger partial charge in [0, 0.05) is 45.4 Å². The maximum Gasteiger partial charge on any atom is 0.433 e. The Kier molecular flexibility index (Phi) is 5.46. The largest absolute Gasteiger partial charge is 0.472 e. The molecular weight excluding hydrogens is 404 g/mol. The fourth-order valence-corrected chi connectivity index (χ4v) is 2.73. The van der Waals surface area contributed by atoms with Crippen LogP contribution in [-0.4, -0.2) is 48.2 Å². The summed E-state index contributed by atoms with van der Waals surface area (Å²) < 4.78 is 82.7. The van der Waals surface area contributed by atoms with E-state index < -0.39 is 29.7 Å². The highest BCUT2D eigenvalue weighted by molar-refractivity contribution is 5.46. The molecule has 0 spiro atoms. The third-order valence-electron chi connectivity index (χ3n) is 4.23. The van der Waals surface area contributed by atoms with Crippen molar-refractivity contribution in [1.82, 2.24) is 15.0 Å². The average molecular weight is 421 g/mol. The van der Waals surface area contributed by atoms with E-state index in [1.54, 1.807) is 14.1 Å². The van der Waals surface area contributed by atoms with E-state index in [1.807, 2.05) is 0 Å². The van der Waals surface area contributed by atoms with Crippen LogP contribution < -0.4 is 14.5 Å². The van der Waals surface area contributed by atoms with E-state index >= 15 is 0 Å². The lowest BCUT2D eigenvalue weighted by molar-refractivity contribution is -0.141. The van der Waals surface area contributed by atoms with Gasteiger partial charge in [-0.05, 0) is 6.07 Å². The normalized spacial score (nSPS) is 17.5. The Labute approximate surface area is 162 Å². The van der Waals surface area contributed by atoms with Crippen molar-refractivity contribution in [1.29, 1.82) is 0 Å². The summed E-state index contributed by atoms with van der Waals surface area (Å²) in [4.78, 5) is 14.4. The van der Waals surface area contributed by atoms with Crippen molar-refractivity contribution in [2.45, 2.75) is 24.9 Å². The zero-order valence-corrected chi connectivity index (χ0v) is 15.4. The molecule has 1 fully saturated rings. The Balaban J connectivity index is 1.73. The number of alkyl halides is 6. The molecule has 0 aliphatic carbocycles. The van der Waals surface area contributed by atoms with Crippen molar-refractivity contribution in [3.05, 3.63) is 35.7 Å². The standard InChI is InChI=1S/C17H17F6N5O/c1-27(2)13-7-12(17(21,22)23)25-15(26-13)28-6-5-11(9-28)29-14-4-3-10(8-24-14)16(18,19)20/h3-4,7-8,11H,5-6,9H2,1-2H3. The number of hydrogen-bond donors (Lipinski definition) is 0. The summed E-state index contributed by atoms with van der Waals surface area (Å²) in [5.74, 6) is 0.0231. The molecule has 0 N–H and O–H groups in total. The summed E-state index contributed by atoms with van der Waals surface area (Å²) in [5, 5.41) is 0. The third kappa shape index (κ3) is 4.98. The molecule has 3 heterocycles. The van der Waals surface area contributed by atoms with E-state index in [0.717, 1.165) is 18.2 Å². The molecule has 0 bridgehead atoms. The van der Waals surface area contributed by atoms with Crippen LogP contribution in [0.4, 0.5) is 38.1 Å². The van der Waals surface area contributed by atoms with Crippen molar-refractivity contribution in [3.63, 3.8) is 0 Å². The van der Waals surface area contributed by atoms with Gasteiger partial charge in [0.2, 0.25) is 11.8 Å². The second kappa shape index (κ2) is 7.56. The van der Waals surface area contributed by atoms with E-state index in [-0.39, 0.29) is 24.2 Å². The molecule has 2 aromatic rings. The smallest absolute Gasteiger partial charge is 0.433 e. The lowest BCUT2D eigenvalue weighted by Crippen LogP contribution is -2.28. The Hall–Kier alpha value is -2.79. The molecule has 6 nitrogen and oxygen atoms in total. The van der Waals surface area contributed by atoms with Crippen LogP contribution in [0.15, 0.2) is 24.4 Å². The van der Waals surface area contributed by atoms with Crippen LogP contribution in [0.1, 0.15) is 17.7 Å². The summed E-state index contributed by atoms with van der Waals surface area (Å²) in [5.41, 5.74) is -1.95. The predicted molar refractivity (Wildman–Crippen MR) is 91.8 cm³/mol. The SMILES string of the molecule is CN(C)c1cc(C(F)(F)F)nc(N2CCC(Oc3ccc(C(F)(F)F)cn3)C2)n1. The van der Waals surface area contributed by atoms with E-state index in [1.165, 1.54) is 9.80 Å². The second-order valence-electron chi connectivity index (χ2n) is 6.66. The maximum absolute atomic E-state index is 13.1. The topological polar surface area (TPSA) is 54.4 Å². The monoisotopic (exact) mass is 421 g/mol. The Bertz CT molecular complexity index is 853. The zero-order chi connectivity index (χ0) is 21.4. The molecular formula is C17H17F6N5O. The predicted octanol–water partition coefficient (Wildman–Crippen LogP) is 3.63. The summed E-state index contributed by atoms with van der Waals surface area (Å²) in [7, 11) is 3.14. The minimum Gasteiger partial charge on any atom is -0.472 e. The van der Waals surface area contributed by atoms with Gasteiger partial charge in [-0.3, -0.25) is 0 Å². The summed E-state index contributed by atoms with van der Waals surface area (Å²) in [6, 6.07) is 2.82. The number of hydrogen-bond acceptors (Lipinski definition) is 6. The van der Waals surface area contributed by atoms with Crippen molar-refractivity contribution < 1.29 is 31.1 Å². The van der Waals surface area contributed by atoms with Crippen LogP contribution in [-0.2, 0) is 12.4 Å². The van der Waals surface area contributed by atoms with Crippen molar-refractivity contribution in [2.24, 2.45) is 0 Å². The van der Waals surface area contributed by atoms with Crippen molar-refractivity contribution in [2.75, 3.05) is 37.0 Å². The van der Waals surface area contributed by atoms with Crippen LogP contribution in [0.3, 0.4) is 0 Å². The fourth-order valence-electron chi connectivity index (χ4n) is 2.73. The highest BCUT2D eigenvalue weighted by Gasteiger charge is 2.36. The summed E-state index contributed by atoms with van der Waals surface area (Å²) in [6.07, 6.45) is -8.50. The van der Waals surface area contributed by atoms with Gasteiger partial charge < -0.3 is 14.5 Å². The summed E-state index contributed by atoms with van der Waals surface area (Å²) in [6.45, 7) is 0.510. The maximum atomic E-state index is 13.1. The number of anilines is 2. The van der Waals surface area contributed by atoms with Crippen molar-refractivity contribution in [3.8, 4) is 5.88 Å². The van der Waals surface area contributed by atoms with Gasteiger partial charge in [-0.1, -0.05) is 0 Å². The molecule has 1 aliphatic heterocycles. The molecule has 1 atom stereocenters. The van der Waals surface area contributed by atoms with Crippen LogP contribution in [0.5, 0.6) is 5.88 Å². The first-order chi connectivity index (χ1) is 13.4. The Morgan fingerprint density at radius 3 is 2.34 bits per heavy atom. The highest BCUT2D eigenvalue weighted by Crippen LogP contribution is 2.32. The number of nitrogens with zero attached hydrogens (tertiary/aromatic N) is 5. The number of halogens is 6. The third-order valence-corrected chi connectivity index (χ3v) is 4.23. The van der Waals surface area contributed by atoms with Gasteiger partial charge in [0.15, 0.2) is 5.69 Å². The van der Waals surface area contributed by atoms with Gasteiger partial charge in [-0.15, -0.1) is 0 Å². The molecule has 1 saturated heterocycles. The molecule has 12 heteroatoms.